The van der Waals surface area contributed by atoms with E-state index in [2.05, 4.69) is 21.2 Å². The van der Waals surface area contributed by atoms with Crippen LogP contribution in [0.2, 0.25) is 0 Å². The zero-order valence-corrected chi connectivity index (χ0v) is 11.4. The number of carbonyl (C=O) groups is 2. The summed E-state index contributed by atoms with van der Waals surface area (Å²) in [6.07, 6.45) is 0.0782. The van der Waals surface area contributed by atoms with Crippen molar-refractivity contribution >= 4 is 45.3 Å². The Bertz CT molecular complexity index is 411. The fourth-order valence-electron chi connectivity index (χ4n) is 1.09. The number of anilines is 1. The van der Waals surface area contributed by atoms with E-state index >= 15 is 0 Å². The van der Waals surface area contributed by atoms with Crippen molar-refractivity contribution in [3.63, 3.8) is 0 Å². The zero-order valence-electron chi connectivity index (χ0n) is 8.98. The summed E-state index contributed by atoms with van der Waals surface area (Å²) in [6.45, 7) is 0. The van der Waals surface area contributed by atoms with Crippen LogP contribution in [0.15, 0.2) is 28.7 Å². The molecule has 0 bridgehead atoms. The van der Waals surface area contributed by atoms with Gasteiger partial charge in [-0.3, -0.25) is 9.59 Å². The van der Waals surface area contributed by atoms with Gasteiger partial charge in [-0.05, 0) is 18.2 Å². The first-order chi connectivity index (χ1) is 8.08. The second-order valence-electron chi connectivity index (χ2n) is 3.25. The van der Waals surface area contributed by atoms with E-state index in [9.17, 15) is 9.59 Å². The maximum absolute atomic E-state index is 11.5. The molecule has 0 radical (unpaired) electrons. The van der Waals surface area contributed by atoms with Crippen molar-refractivity contribution in [2.75, 3.05) is 16.8 Å². The predicted molar refractivity (Wildman–Crippen MR) is 72.3 cm³/mol. The first-order valence-corrected chi connectivity index (χ1v) is 6.87. The number of hydrogen-bond donors (Lipinski definition) is 2. The first kappa shape index (κ1) is 14.1. The molecule has 2 N–H and O–H groups in total. The lowest BCUT2D eigenvalue weighted by atomic mass is 10.3. The molecule has 0 atom stereocenters. The second kappa shape index (κ2) is 7.34. The lowest BCUT2D eigenvalue weighted by Gasteiger charge is -2.04. The number of rotatable bonds is 6. The fraction of sp³-hybridized carbons (Fsp3) is 0.273. The van der Waals surface area contributed by atoms with Crippen molar-refractivity contribution in [1.29, 1.82) is 0 Å². The summed E-state index contributed by atoms with van der Waals surface area (Å²) >= 11 is 4.62. The van der Waals surface area contributed by atoms with E-state index in [1.54, 1.807) is 12.1 Å². The van der Waals surface area contributed by atoms with Gasteiger partial charge in [-0.15, -0.1) is 0 Å². The molecule has 92 valence electrons. The molecule has 1 aromatic rings. The van der Waals surface area contributed by atoms with E-state index in [4.69, 9.17) is 5.11 Å². The van der Waals surface area contributed by atoms with Crippen LogP contribution < -0.4 is 5.32 Å². The minimum Gasteiger partial charge on any atom is -0.481 e. The molecule has 0 aromatic heterocycles. The minimum atomic E-state index is -0.843. The van der Waals surface area contributed by atoms with Gasteiger partial charge in [0.25, 0.3) is 0 Å². The van der Waals surface area contributed by atoms with Gasteiger partial charge in [0.15, 0.2) is 0 Å². The Morgan fingerprint density at radius 3 is 2.82 bits per heavy atom. The SMILES string of the molecule is O=C(O)CCSCC(=O)Nc1cccc(Br)c1. The Balaban J connectivity index is 2.27. The van der Waals surface area contributed by atoms with Crippen molar-refractivity contribution in [1.82, 2.24) is 0 Å². The summed E-state index contributed by atoms with van der Waals surface area (Å²) in [7, 11) is 0. The smallest absolute Gasteiger partial charge is 0.304 e. The fourth-order valence-corrected chi connectivity index (χ4v) is 2.21. The summed E-state index contributed by atoms with van der Waals surface area (Å²) in [5.41, 5.74) is 0.725. The predicted octanol–water partition coefficient (Wildman–Crippen LogP) is 2.60. The van der Waals surface area contributed by atoms with Crippen molar-refractivity contribution in [2.45, 2.75) is 6.42 Å². The van der Waals surface area contributed by atoms with E-state index in [1.165, 1.54) is 11.8 Å². The molecule has 0 fully saturated rings. The van der Waals surface area contributed by atoms with Gasteiger partial charge in [-0.25, -0.2) is 0 Å². The van der Waals surface area contributed by atoms with Crippen LogP contribution in [0.4, 0.5) is 5.69 Å². The number of halogens is 1. The Morgan fingerprint density at radius 1 is 1.41 bits per heavy atom. The Hall–Kier alpha value is -1.01. The molecule has 0 unspecified atom stereocenters. The number of carboxylic acids is 1. The maximum atomic E-state index is 11.5. The van der Waals surface area contributed by atoms with Gasteiger partial charge < -0.3 is 10.4 Å². The molecule has 1 amide bonds. The molecule has 1 aromatic carbocycles. The number of amides is 1. The summed E-state index contributed by atoms with van der Waals surface area (Å²) in [5.74, 6) is -0.260. The van der Waals surface area contributed by atoms with Gasteiger partial charge in [0, 0.05) is 15.9 Å². The lowest BCUT2D eigenvalue weighted by Crippen LogP contribution is -2.14. The molecule has 0 heterocycles. The summed E-state index contributed by atoms with van der Waals surface area (Å²) < 4.78 is 0.897. The van der Waals surface area contributed by atoms with Crippen LogP contribution >= 0.6 is 27.7 Å². The minimum absolute atomic E-state index is 0.0782. The molecule has 1 rings (SSSR count). The zero-order chi connectivity index (χ0) is 12.7. The number of aliphatic carboxylic acids is 1. The molecular weight excluding hydrogens is 306 g/mol. The molecule has 0 saturated heterocycles. The van der Waals surface area contributed by atoms with E-state index in [1.807, 2.05) is 12.1 Å². The van der Waals surface area contributed by atoms with Crippen molar-refractivity contribution < 1.29 is 14.7 Å². The summed E-state index contributed by atoms with van der Waals surface area (Å²) in [5, 5.41) is 11.2. The van der Waals surface area contributed by atoms with Gasteiger partial charge in [-0.1, -0.05) is 22.0 Å². The van der Waals surface area contributed by atoms with Crippen LogP contribution in [-0.4, -0.2) is 28.5 Å². The largest absolute Gasteiger partial charge is 0.481 e. The molecule has 4 nitrogen and oxygen atoms in total. The lowest BCUT2D eigenvalue weighted by molar-refractivity contribution is -0.136. The van der Waals surface area contributed by atoms with Crippen LogP contribution in [0, 0.1) is 0 Å². The Kier molecular flexibility index (Phi) is 6.07. The van der Waals surface area contributed by atoms with Crippen LogP contribution in [0.25, 0.3) is 0 Å². The second-order valence-corrected chi connectivity index (χ2v) is 5.28. The van der Waals surface area contributed by atoms with Gasteiger partial charge in [0.05, 0.1) is 12.2 Å². The third-order valence-electron chi connectivity index (χ3n) is 1.80. The standard InChI is InChI=1S/C11H12BrNO3S/c12-8-2-1-3-9(6-8)13-10(14)7-17-5-4-11(15)16/h1-3,6H,4-5,7H2,(H,13,14)(H,15,16). The quantitative estimate of drug-likeness (QED) is 0.791. The average Bonchev–Trinajstić information content (AvgIpc) is 2.24. The number of nitrogens with one attached hydrogen (secondary N) is 1. The van der Waals surface area contributed by atoms with Crippen LogP contribution in [-0.2, 0) is 9.59 Å². The van der Waals surface area contributed by atoms with E-state index in [0.717, 1.165) is 10.2 Å². The van der Waals surface area contributed by atoms with Gasteiger partial charge >= 0.3 is 5.97 Å². The third-order valence-corrected chi connectivity index (χ3v) is 3.25. The summed E-state index contributed by atoms with van der Waals surface area (Å²) in [6, 6.07) is 7.30. The topological polar surface area (TPSA) is 66.4 Å². The first-order valence-electron chi connectivity index (χ1n) is 4.93. The van der Waals surface area contributed by atoms with Crippen molar-refractivity contribution in [3.8, 4) is 0 Å². The molecule has 0 aliphatic heterocycles. The molecular formula is C11H12BrNO3S. The van der Waals surface area contributed by atoms with E-state index < -0.39 is 5.97 Å². The monoisotopic (exact) mass is 317 g/mol. The molecule has 0 saturated carbocycles. The highest BCUT2D eigenvalue weighted by molar-refractivity contribution is 9.10. The maximum Gasteiger partial charge on any atom is 0.304 e. The number of benzene rings is 1. The molecule has 0 aliphatic rings. The van der Waals surface area contributed by atoms with E-state index in [-0.39, 0.29) is 18.1 Å². The molecule has 17 heavy (non-hydrogen) atoms. The average molecular weight is 318 g/mol. The highest BCUT2D eigenvalue weighted by Gasteiger charge is 2.04. The van der Waals surface area contributed by atoms with E-state index in [0.29, 0.717) is 5.75 Å². The summed E-state index contributed by atoms with van der Waals surface area (Å²) in [4.78, 5) is 21.7. The highest BCUT2D eigenvalue weighted by atomic mass is 79.9. The Morgan fingerprint density at radius 2 is 2.18 bits per heavy atom. The van der Waals surface area contributed by atoms with Crippen LogP contribution in [0.5, 0.6) is 0 Å². The molecule has 0 spiro atoms. The number of hydrogen-bond acceptors (Lipinski definition) is 3. The number of thioether (sulfide) groups is 1. The molecule has 0 aliphatic carbocycles. The van der Waals surface area contributed by atoms with Crippen molar-refractivity contribution in [2.24, 2.45) is 0 Å². The normalized spacial score (nSPS) is 9.94. The Labute approximate surface area is 112 Å². The van der Waals surface area contributed by atoms with Crippen molar-refractivity contribution in [3.05, 3.63) is 28.7 Å². The highest BCUT2D eigenvalue weighted by Crippen LogP contribution is 2.16. The number of carboxylic acid groups (broad SMARTS) is 1. The van der Waals surface area contributed by atoms with Gasteiger partial charge in [0.1, 0.15) is 0 Å². The van der Waals surface area contributed by atoms with Crippen LogP contribution in [0.3, 0.4) is 0 Å². The van der Waals surface area contributed by atoms with Gasteiger partial charge in [0.2, 0.25) is 5.91 Å². The molecule has 6 heteroatoms. The van der Waals surface area contributed by atoms with Crippen LogP contribution in [0.1, 0.15) is 6.42 Å². The third kappa shape index (κ3) is 6.33. The van der Waals surface area contributed by atoms with Gasteiger partial charge in [-0.2, -0.15) is 11.8 Å². The number of carbonyl (C=O) groups excluding carboxylic acids is 1.